The van der Waals surface area contributed by atoms with Crippen LogP contribution in [0.5, 0.6) is 0 Å². The van der Waals surface area contributed by atoms with Gasteiger partial charge in [0.05, 0.1) is 25.0 Å². The molecule has 0 saturated carbocycles. The minimum atomic E-state index is -3.20. The van der Waals surface area contributed by atoms with Crippen LogP contribution in [0.15, 0.2) is 0 Å². The van der Waals surface area contributed by atoms with Crippen molar-refractivity contribution in [2.75, 3.05) is 39.0 Å². The number of amides is 1. The van der Waals surface area contributed by atoms with Gasteiger partial charge in [-0.25, -0.2) is 17.9 Å². The van der Waals surface area contributed by atoms with Gasteiger partial charge in [-0.15, -0.1) is 0 Å². The van der Waals surface area contributed by atoms with Crippen molar-refractivity contribution in [3.8, 4) is 0 Å². The van der Waals surface area contributed by atoms with E-state index in [1.807, 2.05) is 0 Å². The summed E-state index contributed by atoms with van der Waals surface area (Å²) in [5, 5.41) is 2.74. The number of alkyl carbamates (subject to hydrolysis) is 1. The number of carbonyl (C=O) groups excluding carboxylic acids is 1. The quantitative estimate of drug-likeness (QED) is 0.667. The van der Waals surface area contributed by atoms with Crippen molar-refractivity contribution in [3.63, 3.8) is 0 Å². The minimum Gasteiger partial charge on any atom is -0.444 e. The third-order valence-electron chi connectivity index (χ3n) is 4.01. The van der Waals surface area contributed by atoms with Gasteiger partial charge in [0.1, 0.15) is 5.60 Å². The molecule has 0 aromatic heterocycles. The molecule has 9 heteroatoms. The number of sulfonamides is 1. The lowest BCUT2D eigenvalue weighted by Crippen LogP contribution is -2.46. The van der Waals surface area contributed by atoms with Crippen LogP contribution in [0.1, 0.15) is 54.4 Å². The number of ether oxygens (including phenoxy) is 2. The maximum atomic E-state index is 11.6. The smallest absolute Gasteiger partial charge is 0.407 e. The van der Waals surface area contributed by atoms with Crippen LogP contribution in [0.25, 0.3) is 0 Å². The predicted molar refractivity (Wildman–Crippen MR) is 108 cm³/mol. The second-order valence-corrected chi connectivity index (χ2v) is 9.45. The molecule has 0 aromatic rings. The Morgan fingerprint density at radius 2 is 1.70 bits per heavy atom. The molecule has 1 aliphatic heterocycles. The van der Waals surface area contributed by atoms with Crippen LogP contribution in [0.2, 0.25) is 0 Å². The Labute approximate surface area is 165 Å². The first kappa shape index (κ1) is 26.1. The topological polar surface area (TPSA) is 97.0 Å². The van der Waals surface area contributed by atoms with E-state index in [2.05, 4.69) is 35.7 Å². The summed E-state index contributed by atoms with van der Waals surface area (Å²) < 4.78 is 35.0. The molecule has 0 aromatic carbocycles. The average Bonchev–Trinajstić information content (AvgIpc) is 2.54. The standard InChI is InChI=1S/C12H24N2O5S.C6H15N/c1-12(2,3)19-11(15)14-9-5-6-10(18-8-9)7-13-20(4,16)17;1-4-7(5-2)6-3/h9-10,13H,5-8H2,1-4H3,(H,14,15);4-6H2,1-3H3/t9-,10+;/m1./s1. The highest BCUT2D eigenvalue weighted by Gasteiger charge is 2.25. The van der Waals surface area contributed by atoms with E-state index in [-0.39, 0.29) is 18.7 Å². The normalized spacial score (nSPS) is 20.6. The van der Waals surface area contributed by atoms with Gasteiger partial charge in [-0.2, -0.15) is 0 Å². The molecule has 0 bridgehead atoms. The molecule has 0 spiro atoms. The fourth-order valence-corrected chi connectivity index (χ4v) is 2.96. The number of hydrogen-bond donors (Lipinski definition) is 2. The van der Waals surface area contributed by atoms with E-state index in [4.69, 9.17) is 9.47 Å². The molecule has 162 valence electrons. The van der Waals surface area contributed by atoms with E-state index in [9.17, 15) is 13.2 Å². The Balaban J connectivity index is 0.000000821. The molecule has 0 radical (unpaired) electrons. The SMILES string of the molecule is CC(C)(C)OC(=O)N[C@@H]1CC[C@@H](CNS(C)(=O)=O)OC1.CCN(CC)CC. The molecule has 1 rings (SSSR count). The van der Waals surface area contributed by atoms with Crippen molar-refractivity contribution < 1.29 is 22.7 Å². The Bertz CT molecular complexity index is 502. The summed E-state index contributed by atoms with van der Waals surface area (Å²) in [7, 11) is -3.20. The molecule has 2 N–H and O–H groups in total. The van der Waals surface area contributed by atoms with Gasteiger partial charge < -0.3 is 19.7 Å². The monoisotopic (exact) mass is 409 g/mol. The highest BCUT2D eigenvalue weighted by Crippen LogP contribution is 2.14. The highest BCUT2D eigenvalue weighted by atomic mass is 32.2. The van der Waals surface area contributed by atoms with Gasteiger partial charge in [-0.1, -0.05) is 20.8 Å². The predicted octanol–water partition coefficient (Wildman–Crippen LogP) is 1.96. The van der Waals surface area contributed by atoms with Crippen molar-refractivity contribution in [2.24, 2.45) is 0 Å². The van der Waals surface area contributed by atoms with Crippen molar-refractivity contribution in [1.29, 1.82) is 0 Å². The molecule has 1 saturated heterocycles. The Morgan fingerprint density at radius 1 is 1.15 bits per heavy atom. The summed E-state index contributed by atoms with van der Waals surface area (Å²) >= 11 is 0. The largest absolute Gasteiger partial charge is 0.444 e. The average molecular weight is 410 g/mol. The third kappa shape index (κ3) is 14.8. The van der Waals surface area contributed by atoms with Gasteiger partial charge in [-0.05, 0) is 53.2 Å². The second-order valence-electron chi connectivity index (χ2n) is 7.62. The molecule has 0 aliphatic carbocycles. The van der Waals surface area contributed by atoms with Gasteiger partial charge in [0.2, 0.25) is 10.0 Å². The second kappa shape index (κ2) is 12.5. The number of carbonyl (C=O) groups is 1. The van der Waals surface area contributed by atoms with Gasteiger partial charge in [0, 0.05) is 6.54 Å². The van der Waals surface area contributed by atoms with Crippen LogP contribution in [0.3, 0.4) is 0 Å². The van der Waals surface area contributed by atoms with E-state index >= 15 is 0 Å². The van der Waals surface area contributed by atoms with E-state index in [0.717, 1.165) is 12.7 Å². The van der Waals surface area contributed by atoms with Gasteiger partial charge in [0.25, 0.3) is 0 Å². The lowest BCUT2D eigenvalue weighted by molar-refractivity contribution is -0.00475. The van der Waals surface area contributed by atoms with Crippen LogP contribution in [0.4, 0.5) is 4.79 Å². The zero-order valence-electron chi connectivity index (χ0n) is 18.0. The Kier molecular flexibility index (Phi) is 12.1. The molecule has 2 atom stereocenters. The summed E-state index contributed by atoms with van der Waals surface area (Å²) in [6, 6.07) is -0.0978. The lowest BCUT2D eigenvalue weighted by Gasteiger charge is -2.30. The van der Waals surface area contributed by atoms with Crippen molar-refractivity contribution in [1.82, 2.24) is 14.9 Å². The first-order chi connectivity index (χ1) is 12.4. The fourth-order valence-electron chi connectivity index (χ4n) is 2.47. The van der Waals surface area contributed by atoms with E-state index in [1.165, 1.54) is 19.6 Å². The molecule has 1 aliphatic rings. The van der Waals surface area contributed by atoms with Gasteiger partial charge in [-0.3, -0.25) is 0 Å². The number of nitrogens with zero attached hydrogens (tertiary/aromatic N) is 1. The van der Waals surface area contributed by atoms with Crippen LogP contribution in [0, 0.1) is 0 Å². The molecule has 8 nitrogen and oxygen atoms in total. The maximum Gasteiger partial charge on any atom is 0.407 e. The maximum absolute atomic E-state index is 11.6. The first-order valence-corrected chi connectivity index (χ1v) is 11.6. The van der Waals surface area contributed by atoms with Gasteiger partial charge in [0.15, 0.2) is 0 Å². The Morgan fingerprint density at radius 3 is 2.04 bits per heavy atom. The van der Waals surface area contributed by atoms with Crippen molar-refractivity contribution in [3.05, 3.63) is 0 Å². The lowest BCUT2D eigenvalue weighted by atomic mass is 10.1. The summed E-state index contributed by atoms with van der Waals surface area (Å²) in [4.78, 5) is 14.0. The summed E-state index contributed by atoms with van der Waals surface area (Å²) in [6.45, 7) is 16.2. The third-order valence-corrected chi connectivity index (χ3v) is 4.70. The van der Waals surface area contributed by atoms with Crippen LogP contribution in [-0.2, 0) is 19.5 Å². The van der Waals surface area contributed by atoms with Crippen molar-refractivity contribution >= 4 is 16.1 Å². The molecular weight excluding hydrogens is 370 g/mol. The van der Waals surface area contributed by atoms with Crippen LogP contribution < -0.4 is 10.0 Å². The van der Waals surface area contributed by atoms with E-state index in [0.29, 0.717) is 13.0 Å². The van der Waals surface area contributed by atoms with Crippen molar-refractivity contribution in [2.45, 2.75) is 72.1 Å². The van der Waals surface area contributed by atoms with Crippen LogP contribution in [-0.4, -0.2) is 76.2 Å². The fraction of sp³-hybridized carbons (Fsp3) is 0.944. The van der Waals surface area contributed by atoms with E-state index in [1.54, 1.807) is 20.8 Å². The van der Waals surface area contributed by atoms with Crippen LogP contribution >= 0.6 is 0 Å². The molecule has 0 unspecified atom stereocenters. The number of hydrogen-bond acceptors (Lipinski definition) is 6. The Hall–Kier alpha value is -0.900. The summed E-state index contributed by atoms with van der Waals surface area (Å²) in [5.41, 5.74) is -0.526. The molecule has 27 heavy (non-hydrogen) atoms. The van der Waals surface area contributed by atoms with E-state index < -0.39 is 21.7 Å². The highest BCUT2D eigenvalue weighted by molar-refractivity contribution is 7.88. The van der Waals surface area contributed by atoms with Gasteiger partial charge >= 0.3 is 6.09 Å². The summed E-state index contributed by atoms with van der Waals surface area (Å²) in [5.74, 6) is 0. The zero-order valence-corrected chi connectivity index (χ0v) is 18.8. The number of rotatable bonds is 7. The first-order valence-electron chi connectivity index (χ1n) is 9.68. The minimum absolute atomic E-state index is 0.0978. The molecule has 1 heterocycles. The molecule has 1 fully saturated rings. The summed E-state index contributed by atoms with van der Waals surface area (Å²) in [6.07, 6.45) is 1.92. The number of nitrogens with one attached hydrogen (secondary N) is 2. The zero-order chi connectivity index (χ0) is 21.1. The molecule has 1 amide bonds. The molecular formula is C18H39N3O5S.